The summed E-state index contributed by atoms with van der Waals surface area (Å²) in [7, 11) is 1.70. The summed E-state index contributed by atoms with van der Waals surface area (Å²) in [6, 6.07) is 23.5. The molecule has 3 aromatic rings. The first-order valence-electron chi connectivity index (χ1n) is 6.98. The lowest BCUT2D eigenvalue weighted by atomic mass is 9.98. The molecule has 0 aromatic heterocycles. The smallest absolute Gasteiger partial charge is 0.118 e. The van der Waals surface area contributed by atoms with E-state index >= 15 is 0 Å². The quantitative estimate of drug-likeness (QED) is 0.645. The number of methoxy groups -OCH3 is 1. The number of hydrogen-bond donors (Lipinski definition) is 0. The molecule has 0 saturated heterocycles. The lowest BCUT2D eigenvalue weighted by molar-refractivity contribution is 0.414. The van der Waals surface area contributed by atoms with Crippen LogP contribution in [0.4, 0.5) is 0 Å². The van der Waals surface area contributed by atoms with Crippen LogP contribution < -0.4 is 4.74 Å². The Labute approximate surface area is 130 Å². The average molecular weight is 294 g/mol. The molecular weight excluding hydrogens is 276 g/mol. The number of hydrogen-bond acceptors (Lipinski definition) is 2. The highest BCUT2D eigenvalue weighted by atomic mass is 32.2. The topological polar surface area (TPSA) is 9.23 Å². The first-order valence-corrected chi connectivity index (χ1v) is 8.26. The van der Waals surface area contributed by atoms with Crippen molar-refractivity contribution in [2.75, 3.05) is 13.4 Å². The van der Waals surface area contributed by atoms with E-state index in [9.17, 15) is 0 Å². The Balaban J connectivity index is 2.09. The van der Waals surface area contributed by atoms with E-state index in [-0.39, 0.29) is 0 Å². The van der Waals surface area contributed by atoms with Crippen LogP contribution in [-0.2, 0) is 0 Å². The van der Waals surface area contributed by atoms with E-state index in [1.165, 1.54) is 21.9 Å². The molecule has 0 fully saturated rings. The van der Waals surface area contributed by atoms with Gasteiger partial charge in [0.2, 0.25) is 0 Å². The summed E-state index contributed by atoms with van der Waals surface area (Å²) < 4.78 is 5.25. The zero-order chi connectivity index (χ0) is 14.7. The van der Waals surface area contributed by atoms with Gasteiger partial charge < -0.3 is 4.74 Å². The van der Waals surface area contributed by atoms with E-state index in [1.807, 2.05) is 23.9 Å². The van der Waals surface area contributed by atoms with Crippen LogP contribution in [0.15, 0.2) is 66.7 Å². The van der Waals surface area contributed by atoms with Crippen LogP contribution in [0.25, 0.3) is 10.8 Å². The number of rotatable bonds is 4. The Hall–Kier alpha value is -1.93. The number of benzene rings is 3. The Morgan fingerprint density at radius 3 is 2.29 bits per heavy atom. The Kier molecular flexibility index (Phi) is 4.16. The predicted octanol–water partition coefficient (Wildman–Crippen LogP) is 5.30. The molecule has 0 heterocycles. The highest BCUT2D eigenvalue weighted by Crippen LogP contribution is 2.38. The molecule has 0 bridgehead atoms. The minimum Gasteiger partial charge on any atom is -0.497 e. The van der Waals surface area contributed by atoms with E-state index in [4.69, 9.17) is 4.74 Å². The molecule has 106 valence electrons. The van der Waals surface area contributed by atoms with Crippen LogP contribution in [0.3, 0.4) is 0 Å². The Bertz CT molecular complexity index is 729. The van der Waals surface area contributed by atoms with E-state index in [2.05, 4.69) is 60.9 Å². The molecule has 1 unspecified atom stereocenters. The van der Waals surface area contributed by atoms with E-state index in [0.29, 0.717) is 5.25 Å². The van der Waals surface area contributed by atoms with E-state index in [1.54, 1.807) is 7.11 Å². The van der Waals surface area contributed by atoms with Crippen molar-refractivity contribution in [2.45, 2.75) is 5.25 Å². The summed E-state index contributed by atoms with van der Waals surface area (Å²) in [5.74, 6) is 0.900. The van der Waals surface area contributed by atoms with Crippen molar-refractivity contribution >= 4 is 22.5 Å². The molecule has 0 radical (unpaired) electrons. The molecule has 1 atom stereocenters. The van der Waals surface area contributed by atoms with Crippen LogP contribution >= 0.6 is 11.8 Å². The summed E-state index contributed by atoms with van der Waals surface area (Å²) in [6.45, 7) is 0. The molecule has 3 rings (SSSR count). The Morgan fingerprint density at radius 2 is 1.57 bits per heavy atom. The highest BCUT2D eigenvalue weighted by Gasteiger charge is 2.15. The molecule has 0 aliphatic rings. The van der Waals surface area contributed by atoms with Crippen molar-refractivity contribution in [3.8, 4) is 5.75 Å². The van der Waals surface area contributed by atoms with Crippen molar-refractivity contribution in [1.29, 1.82) is 0 Å². The molecular formula is C19H18OS. The minimum atomic E-state index is 0.335. The maximum Gasteiger partial charge on any atom is 0.118 e. The fourth-order valence-corrected chi connectivity index (χ4v) is 3.59. The third-order valence-electron chi connectivity index (χ3n) is 3.76. The van der Waals surface area contributed by atoms with Gasteiger partial charge in [-0.15, -0.1) is 0 Å². The fourth-order valence-electron chi connectivity index (χ4n) is 2.70. The predicted molar refractivity (Wildman–Crippen MR) is 92.3 cm³/mol. The molecule has 0 saturated carbocycles. The van der Waals surface area contributed by atoms with Gasteiger partial charge in [-0.1, -0.05) is 54.6 Å². The van der Waals surface area contributed by atoms with Crippen molar-refractivity contribution in [3.05, 3.63) is 77.9 Å². The van der Waals surface area contributed by atoms with Gasteiger partial charge in [0.25, 0.3) is 0 Å². The zero-order valence-corrected chi connectivity index (χ0v) is 13.1. The maximum absolute atomic E-state index is 5.25. The summed E-state index contributed by atoms with van der Waals surface area (Å²) in [5.41, 5.74) is 2.67. The first-order chi connectivity index (χ1) is 10.3. The molecule has 3 aromatic carbocycles. The largest absolute Gasteiger partial charge is 0.497 e. The van der Waals surface area contributed by atoms with Gasteiger partial charge in [-0.05, 0) is 40.3 Å². The number of ether oxygens (including phenoxy) is 1. The average Bonchev–Trinajstić information content (AvgIpc) is 2.56. The third kappa shape index (κ3) is 2.77. The summed E-state index contributed by atoms with van der Waals surface area (Å²) >= 11 is 1.86. The lowest BCUT2D eigenvalue weighted by Gasteiger charge is -2.18. The van der Waals surface area contributed by atoms with Crippen molar-refractivity contribution in [1.82, 2.24) is 0 Å². The number of fused-ring (bicyclic) bond motifs is 1. The highest BCUT2D eigenvalue weighted by molar-refractivity contribution is 7.99. The van der Waals surface area contributed by atoms with Gasteiger partial charge in [0.05, 0.1) is 12.4 Å². The second-order valence-corrected chi connectivity index (χ2v) is 5.90. The monoisotopic (exact) mass is 294 g/mol. The molecule has 0 spiro atoms. The van der Waals surface area contributed by atoms with Gasteiger partial charge in [-0.3, -0.25) is 0 Å². The van der Waals surface area contributed by atoms with Gasteiger partial charge in [0.1, 0.15) is 5.75 Å². The number of thioether (sulfide) groups is 1. The van der Waals surface area contributed by atoms with Crippen LogP contribution in [0, 0.1) is 0 Å². The first kappa shape index (κ1) is 14.0. The van der Waals surface area contributed by atoms with Crippen molar-refractivity contribution in [2.24, 2.45) is 0 Å². The molecule has 21 heavy (non-hydrogen) atoms. The fraction of sp³-hybridized carbons (Fsp3) is 0.158. The minimum absolute atomic E-state index is 0.335. The molecule has 1 nitrogen and oxygen atoms in total. The zero-order valence-electron chi connectivity index (χ0n) is 12.2. The second-order valence-electron chi connectivity index (χ2n) is 4.96. The van der Waals surface area contributed by atoms with E-state index < -0.39 is 0 Å². The van der Waals surface area contributed by atoms with E-state index in [0.717, 1.165) is 5.75 Å². The van der Waals surface area contributed by atoms with Crippen molar-refractivity contribution < 1.29 is 4.74 Å². The standard InChI is InChI=1S/C19H18OS/c1-20-16-12-10-15(11-13-16)19(21-2)18-9-5-7-14-6-3-4-8-17(14)18/h3-13,19H,1-2H3. The summed E-state index contributed by atoms with van der Waals surface area (Å²) in [6.07, 6.45) is 2.16. The molecule has 0 amide bonds. The van der Waals surface area contributed by atoms with Crippen LogP contribution in [0.2, 0.25) is 0 Å². The maximum atomic E-state index is 5.25. The molecule has 0 N–H and O–H groups in total. The van der Waals surface area contributed by atoms with Gasteiger partial charge in [-0.2, -0.15) is 11.8 Å². The summed E-state index contributed by atoms with van der Waals surface area (Å²) in [5, 5.41) is 2.96. The van der Waals surface area contributed by atoms with Crippen molar-refractivity contribution in [3.63, 3.8) is 0 Å². The SMILES string of the molecule is COc1ccc(C(SC)c2cccc3ccccc23)cc1. The van der Waals surface area contributed by atoms with Crippen LogP contribution in [0.1, 0.15) is 16.4 Å². The summed E-state index contributed by atoms with van der Waals surface area (Å²) in [4.78, 5) is 0. The second kappa shape index (κ2) is 6.23. The van der Waals surface area contributed by atoms with Gasteiger partial charge in [-0.25, -0.2) is 0 Å². The van der Waals surface area contributed by atoms with Gasteiger partial charge >= 0.3 is 0 Å². The molecule has 0 aliphatic heterocycles. The van der Waals surface area contributed by atoms with Crippen LogP contribution in [0.5, 0.6) is 5.75 Å². The molecule has 0 aliphatic carbocycles. The molecule has 2 heteroatoms. The Morgan fingerprint density at radius 1 is 0.857 bits per heavy atom. The van der Waals surface area contributed by atoms with Gasteiger partial charge in [0.15, 0.2) is 0 Å². The normalized spacial score (nSPS) is 12.3. The lowest BCUT2D eigenvalue weighted by Crippen LogP contribution is -1.97. The van der Waals surface area contributed by atoms with Crippen LogP contribution in [-0.4, -0.2) is 13.4 Å². The van der Waals surface area contributed by atoms with Gasteiger partial charge in [0, 0.05) is 0 Å². The third-order valence-corrected chi connectivity index (χ3v) is 4.76.